The van der Waals surface area contributed by atoms with Crippen molar-refractivity contribution in [3.8, 4) is 0 Å². The third-order valence-corrected chi connectivity index (χ3v) is 4.44. The highest BCUT2D eigenvalue weighted by Gasteiger charge is 2.47. The number of nitrogens with two attached hydrogens (primary N) is 1. The summed E-state index contributed by atoms with van der Waals surface area (Å²) in [6.45, 7) is 8.96. The predicted octanol–water partition coefficient (Wildman–Crippen LogP) is 3.12. The summed E-state index contributed by atoms with van der Waals surface area (Å²) in [6.07, 6.45) is 4.66. The normalized spacial score (nSPS) is 32.9. The summed E-state index contributed by atoms with van der Waals surface area (Å²) in [5.74, 6) is 0.500. The minimum atomic E-state index is -0.121. The summed E-state index contributed by atoms with van der Waals surface area (Å²) < 4.78 is 4.88. The third kappa shape index (κ3) is 3.47. The van der Waals surface area contributed by atoms with Gasteiger partial charge in [-0.25, -0.2) is 0 Å². The van der Waals surface area contributed by atoms with Crippen LogP contribution in [0.2, 0.25) is 0 Å². The van der Waals surface area contributed by atoms with Crippen LogP contribution in [0, 0.1) is 16.7 Å². The number of ether oxygens (including phenoxy) is 1. The zero-order valence-corrected chi connectivity index (χ0v) is 12.6. The van der Waals surface area contributed by atoms with Crippen molar-refractivity contribution in [1.82, 2.24) is 0 Å². The number of carbonyl (C=O) groups is 1. The lowest BCUT2D eigenvalue weighted by Gasteiger charge is -2.50. The molecule has 0 aromatic rings. The molecule has 3 atom stereocenters. The average Bonchev–Trinajstić information content (AvgIpc) is 2.24. The molecule has 1 rings (SSSR count). The van der Waals surface area contributed by atoms with Crippen LogP contribution in [0.15, 0.2) is 0 Å². The molecule has 106 valence electrons. The van der Waals surface area contributed by atoms with Crippen LogP contribution in [0.25, 0.3) is 0 Å². The minimum Gasteiger partial charge on any atom is -0.469 e. The van der Waals surface area contributed by atoms with Gasteiger partial charge in [0.15, 0.2) is 0 Å². The molecule has 0 bridgehead atoms. The average molecular weight is 255 g/mol. The van der Waals surface area contributed by atoms with E-state index in [2.05, 4.69) is 27.7 Å². The molecule has 2 N–H and O–H groups in total. The van der Waals surface area contributed by atoms with Gasteiger partial charge < -0.3 is 10.5 Å². The largest absolute Gasteiger partial charge is 0.469 e. The van der Waals surface area contributed by atoms with E-state index in [1.165, 1.54) is 13.5 Å². The van der Waals surface area contributed by atoms with Gasteiger partial charge in [0.1, 0.15) is 0 Å². The Morgan fingerprint density at radius 1 is 1.44 bits per heavy atom. The number of methoxy groups -OCH3 is 1. The van der Waals surface area contributed by atoms with E-state index in [-0.39, 0.29) is 22.8 Å². The highest BCUT2D eigenvalue weighted by molar-refractivity contribution is 5.70. The lowest BCUT2D eigenvalue weighted by Crippen LogP contribution is -2.49. The third-order valence-electron chi connectivity index (χ3n) is 4.44. The smallest absolute Gasteiger partial charge is 0.306 e. The predicted molar refractivity (Wildman–Crippen MR) is 74.1 cm³/mol. The first-order valence-corrected chi connectivity index (χ1v) is 7.07. The highest BCUT2D eigenvalue weighted by Crippen LogP contribution is 2.52. The molecule has 0 aromatic carbocycles. The molecule has 0 spiro atoms. The van der Waals surface area contributed by atoms with E-state index in [0.29, 0.717) is 12.3 Å². The van der Waals surface area contributed by atoms with Gasteiger partial charge in [-0.2, -0.15) is 0 Å². The summed E-state index contributed by atoms with van der Waals surface area (Å²) >= 11 is 0. The molecule has 3 heteroatoms. The Morgan fingerprint density at radius 3 is 2.50 bits per heavy atom. The van der Waals surface area contributed by atoms with Crippen molar-refractivity contribution in [3.05, 3.63) is 0 Å². The molecule has 0 heterocycles. The maximum atomic E-state index is 11.7. The van der Waals surface area contributed by atoms with Crippen LogP contribution >= 0.6 is 0 Å². The molecule has 3 nitrogen and oxygen atoms in total. The fraction of sp³-hybridized carbons (Fsp3) is 0.933. The Labute approximate surface area is 111 Å². The second-order valence-corrected chi connectivity index (χ2v) is 6.98. The van der Waals surface area contributed by atoms with Gasteiger partial charge in [-0.3, -0.25) is 4.79 Å². The van der Waals surface area contributed by atoms with Crippen molar-refractivity contribution in [2.24, 2.45) is 22.5 Å². The fourth-order valence-corrected chi connectivity index (χ4v) is 4.15. The number of rotatable bonds is 4. The molecular weight excluding hydrogens is 226 g/mol. The van der Waals surface area contributed by atoms with E-state index < -0.39 is 0 Å². The molecule has 0 aliphatic heterocycles. The van der Waals surface area contributed by atoms with Crippen LogP contribution in [0.4, 0.5) is 0 Å². The quantitative estimate of drug-likeness (QED) is 0.785. The summed E-state index contributed by atoms with van der Waals surface area (Å²) in [5.41, 5.74) is 6.54. The van der Waals surface area contributed by atoms with E-state index in [1.807, 2.05) is 0 Å². The molecule has 1 saturated carbocycles. The van der Waals surface area contributed by atoms with Crippen LogP contribution in [-0.4, -0.2) is 19.1 Å². The first-order valence-electron chi connectivity index (χ1n) is 7.07. The minimum absolute atomic E-state index is 0.0803. The lowest BCUT2D eigenvalue weighted by molar-refractivity contribution is -0.146. The first-order chi connectivity index (χ1) is 8.24. The van der Waals surface area contributed by atoms with Crippen molar-refractivity contribution in [2.45, 2.75) is 65.8 Å². The molecule has 3 unspecified atom stereocenters. The number of carbonyl (C=O) groups excluding carboxylic acids is 1. The van der Waals surface area contributed by atoms with E-state index in [9.17, 15) is 4.79 Å². The molecule has 0 radical (unpaired) electrons. The Morgan fingerprint density at radius 2 is 2.06 bits per heavy atom. The van der Waals surface area contributed by atoms with Gasteiger partial charge in [0.2, 0.25) is 0 Å². The van der Waals surface area contributed by atoms with Crippen LogP contribution in [-0.2, 0) is 9.53 Å². The second kappa shape index (κ2) is 5.60. The zero-order valence-electron chi connectivity index (χ0n) is 12.6. The lowest BCUT2D eigenvalue weighted by atomic mass is 9.56. The topological polar surface area (TPSA) is 52.3 Å². The second-order valence-electron chi connectivity index (χ2n) is 6.98. The number of hydrogen-bond donors (Lipinski definition) is 1. The van der Waals surface area contributed by atoms with Gasteiger partial charge >= 0.3 is 5.97 Å². The monoisotopic (exact) mass is 255 g/mol. The van der Waals surface area contributed by atoms with Gasteiger partial charge in [0.05, 0.1) is 13.5 Å². The molecule has 0 aromatic heterocycles. The first kappa shape index (κ1) is 15.5. The Kier molecular flexibility index (Phi) is 4.82. The van der Waals surface area contributed by atoms with Gasteiger partial charge in [-0.05, 0) is 42.4 Å². The van der Waals surface area contributed by atoms with E-state index >= 15 is 0 Å². The Balaban J connectivity index is 2.99. The van der Waals surface area contributed by atoms with Crippen LogP contribution in [0.3, 0.4) is 0 Å². The van der Waals surface area contributed by atoms with Crippen molar-refractivity contribution >= 4 is 5.97 Å². The molecule has 1 fully saturated rings. The van der Waals surface area contributed by atoms with Crippen molar-refractivity contribution in [1.29, 1.82) is 0 Å². The Bertz CT molecular complexity index is 301. The molecule has 0 saturated heterocycles. The highest BCUT2D eigenvalue weighted by atomic mass is 16.5. The molecular formula is C15H29NO2. The summed E-state index contributed by atoms with van der Waals surface area (Å²) in [4.78, 5) is 11.7. The van der Waals surface area contributed by atoms with Crippen LogP contribution in [0.1, 0.15) is 59.8 Å². The van der Waals surface area contributed by atoms with E-state index in [4.69, 9.17) is 10.5 Å². The van der Waals surface area contributed by atoms with Gasteiger partial charge in [-0.1, -0.05) is 27.7 Å². The molecule has 1 aliphatic carbocycles. The van der Waals surface area contributed by atoms with Crippen molar-refractivity contribution in [3.63, 3.8) is 0 Å². The van der Waals surface area contributed by atoms with Crippen LogP contribution < -0.4 is 5.73 Å². The maximum absolute atomic E-state index is 11.7. The number of esters is 1. The summed E-state index contributed by atoms with van der Waals surface area (Å²) in [7, 11) is 1.46. The van der Waals surface area contributed by atoms with Crippen molar-refractivity contribution < 1.29 is 9.53 Å². The molecule has 1 aliphatic rings. The van der Waals surface area contributed by atoms with Gasteiger partial charge in [-0.15, -0.1) is 0 Å². The molecule has 18 heavy (non-hydrogen) atoms. The van der Waals surface area contributed by atoms with Crippen LogP contribution in [0.5, 0.6) is 0 Å². The summed E-state index contributed by atoms with van der Waals surface area (Å²) in [6, 6.07) is 0.0821. The van der Waals surface area contributed by atoms with Gasteiger partial charge in [0, 0.05) is 6.04 Å². The van der Waals surface area contributed by atoms with Crippen molar-refractivity contribution in [2.75, 3.05) is 7.11 Å². The van der Waals surface area contributed by atoms with E-state index in [1.54, 1.807) is 0 Å². The Hall–Kier alpha value is -0.570. The maximum Gasteiger partial charge on any atom is 0.306 e. The standard InChI is InChI=1S/C15H29NO2/c1-6-12(16)15(9-13(17)18-5)8-11(2)7-14(3,4)10-15/h11-12H,6-10,16H2,1-5H3. The zero-order chi connectivity index (χ0) is 14.0. The summed E-state index contributed by atoms with van der Waals surface area (Å²) in [5, 5.41) is 0. The fourth-order valence-electron chi connectivity index (χ4n) is 4.15. The van der Waals surface area contributed by atoms with Gasteiger partial charge in [0.25, 0.3) is 0 Å². The SMILES string of the molecule is CCC(N)C1(CC(=O)OC)CC(C)CC(C)(C)C1. The number of hydrogen-bond acceptors (Lipinski definition) is 3. The van der Waals surface area contributed by atoms with E-state index in [0.717, 1.165) is 19.3 Å². The molecule has 0 amide bonds.